The molecule has 1 aromatic rings. The van der Waals surface area contributed by atoms with Crippen LogP contribution in [0, 0.1) is 0 Å². The first-order valence-electron chi connectivity index (χ1n) is 3.58. The normalized spacial score (nSPS) is 10.5. The van der Waals surface area contributed by atoms with Gasteiger partial charge in [0.2, 0.25) is 0 Å². The molecule has 0 bridgehead atoms. The molecule has 1 rings (SSSR count). The van der Waals surface area contributed by atoms with Gasteiger partial charge in [-0.3, -0.25) is 0 Å². The fraction of sp³-hybridized carbons (Fsp3) is 0.125. The first kappa shape index (κ1) is 10.3. The van der Waals surface area contributed by atoms with Gasteiger partial charge in [0.1, 0.15) is 17.1 Å². The molecule has 0 unspecified atom stereocenters. The number of phenolic OH excluding ortho intramolecular Hbond substituents is 1. The van der Waals surface area contributed by atoms with Gasteiger partial charge in [-0.05, 0) is 12.1 Å². The molecule has 0 aliphatic carbocycles. The average molecular weight is 200 g/mol. The number of aromatic carboxylic acids is 1. The van der Waals surface area contributed by atoms with E-state index in [9.17, 15) is 4.79 Å². The van der Waals surface area contributed by atoms with E-state index in [1.165, 1.54) is 0 Å². The number of carboxylic acids is 1. The Morgan fingerprint density at radius 1 is 1.14 bits per heavy atom. The van der Waals surface area contributed by atoms with Crippen molar-refractivity contribution in [1.29, 1.82) is 0 Å². The summed E-state index contributed by atoms with van der Waals surface area (Å²) in [6.07, 6.45) is -1.97. The number of aliphatic hydroxyl groups is 2. The standard InChI is InChI=1S/C8H8O6/c9-5-1-3(7(11)12)6(10)2-4(5)8(13)14/h1-2,7,9-12H,(H,13,14). The second kappa shape index (κ2) is 3.52. The molecule has 0 aliphatic rings. The van der Waals surface area contributed by atoms with Gasteiger partial charge in [-0.25, -0.2) is 4.79 Å². The highest BCUT2D eigenvalue weighted by Crippen LogP contribution is 2.30. The smallest absolute Gasteiger partial charge is 0.339 e. The van der Waals surface area contributed by atoms with Gasteiger partial charge < -0.3 is 25.5 Å². The Kier molecular flexibility index (Phi) is 2.59. The maximum Gasteiger partial charge on any atom is 0.339 e. The molecule has 0 aliphatic heterocycles. The second-order valence-electron chi connectivity index (χ2n) is 2.61. The number of aliphatic hydroxyl groups excluding tert-OH is 1. The van der Waals surface area contributed by atoms with Crippen molar-refractivity contribution in [2.45, 2.75) is 6.29 Å². The van der Waals surface area contributed by atoms with Gasteiger partial charge in [0, 0.05) is 0 Å². The van der Waals surface area contributed by atoms with Crippen LogP contribution in [-0.2, 0) is 0 Å². The van der Waals surface area contributed by atoms with E-state index >= 15 is 0 Å². The molecule has 0 spiro atoms. The zero-order valence-electron chi connectivity index (χ0n) is 6.88. The molecule has 5 N–H and O–H groups in total. The van der Waals surface area contributed by atoms with Gasteiger partial charge in [-0.2, -0.15) is 0 Å². The molecule has 14 heavy (non-hydrogen) atoms. The summed E-state index contributed by atoms with van der Waals surface area (Å²) in [6, 6.07) is 1.52. The van der Waals surface area contributed by atoms with Gasteiger partial charge in [-0.1, -0.05) is 0 Å². The van der Waals surface area contributed by atoms with Crippen LogP contribution in [0.3, 0.4) is 0 Å². The van der Waals surface area contributed by atoms with E-state index in [2.05, 4.69) is 0 Å². The molecule has 0 aromatic heterocycles. The maximum atomic E-state index is 10.5. The fourth-order valence-corrected chi connectivity index (χ4v) is 0.971. The Hall–Kier alpha value is -1.79. The van der Waals surface area contributed by atoms with Crippen LogP contribution in [0.25, 0.3) is 0 Å². The number of hydrogen-bond donors (Lipinski definition) is 5. The first-order valence-corrected chi connectivity index (χ1v) is 3.58. The zero-order chi connectivity index (χ0) is 10.9. The van der Waals surface area contributed by atoms with Crippen molar-refractivity contribution in [1.82, 2.24) is 0 Å². The lowest BCUT2D eigenvalue weighted by Crippen LogP contribution is -2.00. The van der Waals surface area contributed by atoms with E-state index in [1.54, 1.807) is 0 Å². The molecule has 0 saturated heterocycles. The molecule has 0 heterocycles. The van der Waals surface area contributed by atoms with Crippen molar-refractivity contribution < 1.29 is 30.3 Å². The summed E-state index contributed by atoms with van der Waals surface area (Å²) in [7, 11) is 0. The van der Waals surface area contributed by atoms with Crippen LogP contribution < -0.4 is 0 Å². The first-order chi connectivity index (χ1) is 6.43. The molecule has 0 atom stereocenters. The van der Waals surface area contributed by atoms with E-state index in [0.717, 1.165) is 12.1 Å². The number of carbonyl (C=O) groups is 1. The van der Waals surface area contributed by atoms with Crippen LogP contribution >= 0.6 is 0 Å². The fourth-order valence-electron chi connectivity index (χ4n) is 0.971. The number of phenols is 2. The number of aromatic hydroxyl groups is 2. The van der Waals surface area contributed by atoms with Crippen molar-refractivity contribution in [3.8, 4) is 11.5 Å². The second-order valence-corrected chi connectivity index (χ2v) is 2.61. The highest BCUT2D eigenvalue weighted by atomic mass is 16.5. The van der Waals surface area contributed by atoms with Crippen molar-refractivity contribution in [2.75, 3.05) is 0 Å². The average Bonchev–Trinajstić information content (AvgIpc) is 2.07. The predicted molar refractivity (Wildman–Crippen MR) is 43.9 cm³/mol. The van der Waals surface area contributed by atoms with E-state index in [-0.39, 0.29) is 5.56 Å². The Bertz CT molecular complexity index is 370. The van der Waals surface area contributed by atoms with Crippen LogP contribution in [0.1, 0.15) is 22.2 Å². The summed E-state index contributed by atoms with van der Waals surface area (Å²) in [5.41, 5.74) is -0.862. The van der Waals surface area contributed by atoms with E-state index < -0.39 is 29.3 Å². The van der Waals surface area contributed by atoms with Crippen LogP contribution in [0.4, 0.5) is 0 Å². The third-order valence-corrected chi connectivity index (χ3v) is 1.65. The lowest BCUT2D eigenvalue weighted by Gasteiger charge is -2.08. The minimum absolute atomic E-state index is 0.354. The molecule has 1 aromatic carbocycles. The highest BCUT2D eigenvalue weighted by molar-refractivity contribution is 5.91. The van der Waals surface area contributed by atoms with Gasteiger partial charge in [0.15, 0.2) is 6.29 Å². The summed E-state index contributed by atoms with van der Waals surface area (Å²) in [4.78, 5) is 10.5. The molecule has 0 radical (unpaired) electrons. The Morgan fingerprint density at radius 3 is 2.14 bits per heavy atom. The summed E-state index contributed by atoms with van der Waals surface area (Å²) in [5, 5.41) is 44.2. The van der Waals surface area contributed by atoms with E-state index in [0.29, 0.717) is 0 Å². The maximum absolute atomic E-state index is 10.5. The van der Waals surface area contributed by atoms with Crippen molar-refractivity contribution >= 4 is 5.97 Å². The van der Waals surface area contributed by atoms with Gasteiger partial charge >= 0.3 is 5.97 Å². The van der Waals surface area contributed by atoms with Gasteiger partial charge in [0.05, 0.1) is 5.56 Å². The summed E-state index contributed by atoms with van der Waals surface area (Å²) in [6.45, 7) is 0. The highest BCUT2D eigenvalue weighted by Gasteiger charge is 2.17. The third-order valence-electron chi connectivity index (χ3n) is 1.65. The van der Waals surface area contributed by atoms with Gasteiger partial charge in [0.25, 0.3) is 0 Å². The van der Waals surface area contributed by atoms with Crippen LogP contribution in [0.15, 0.2) is 12.1 Å². The Labute approximate surface area is 78.3 Å². The molecule has 76 valence electrons. The molecular formula is C8H8O6. The van der Waals surface area contributed by atoms with Crippen LogP contribution in [-0.4, -0.2) is 31.5 Å². The molecular weight excluding hydrogens is 192 g/mol. The zero-order valence-corrected chi connectivity index (χ0v) is 6.88. The predicted octanol–water partition coefficient (Wildman–Crippen LogP) is -0.221. The number of carboxylic acid groups (broad SMARTS) is 1. The Morgan fingerprint density at radius 2 is 1.71 bits per heavy atom. The summed E-state index contributed by atoms with van der Waals surface area (Å²) < 4.78 is 0. The molecule has 0 amide bonds. The number of hydrogen-bond acceptors (Lipinski definition) is 5. The van der Waals surface area contributed by atoms with E-state index in [1.807, 2.05) is 0 Å². The molecule has 6 nitrogen and oxygen atoms in total. The van der Waals surface area contributed by atoms with Crippen molar-refractivity contribution in [3.05, 3.63) is 23.3 Å². The van der Waals surface area contributed by atoms with Crippen molar-refractivity contribution in [2.24, 2.45) is 0 Å². The van der Waals surface area contributed by atoms with Gasteiger partial charge in [-0.15, -0.1) is 0 Å². The van der Waals surface area contributed by atoms with Crippen LogP contribution in [0.2, 0.25) is 0 Å². The lowest BCUT2D eigenvalue weighted by molar-refractivity contribution is -0.0440. The van der Waals surface area contributed by atoms with Crippen LogP contribution in [0.5, 0.6) is 11.5 Å². The van der Waals surface area contributed by atoms with E-state index in [4.69, 9.17) is 25.5 Å². The minimum Gasteiger partial charge on any atom is -0.507 e. The molecule has 0 saturated carbocycles. The Balaban J connectivity index is 3.31. The van der Waals surface area contributed by atoms with Crippen molar-refractivity contribution in [3.63, 3.8) is 0 Å². The molecule has 0 fully saturated rings. The topological polar surface area (TPSA) is 118 Å². The largest absolute Gasteiger partial charge is 0.507 e. The number of benzene rings is 1. The summed E-state index contributed by atoms with van der Waals surface area (Å²) in [5.74, 6) is -2.66. The third kappa shape index (κ3) is 1.76. The SMILES string of the molecule is O=C(O)c1cc(O)c(C(O)O)cc1O. The lowest BCUT2D eigenvalue weighted by atomic mass is 10.1. The summed E-state index contributed by atoms with van der Waals surface area (Å²) >= 11 is 0. The number of rotatable bonds is 2. The minimum atomic E-state index is -1.97. The monoisotopic (exact) mass is 200 g/mol. The quantitative estimate of drug-likeness (QED) is 0.332. The molecule has 6 heteroatoms.